The summed E-state index contributed by atoms with van der Waals surface area (Å²) in [5.74, 6) is 1.39. The zero-order chi connectivity index (χ0) is 13.3. The fraction of sp³-hybridized carbons (Fsp3) is 0.615. The van der Waals surface area contributed by atoms with Crippen molar-refractivity contribution < 1.29 is 14.1 Å². The molecule has 98 valence electrons. The lowest BCUT2D eigenvalue weighted by molar-refractivity contribution is -0.117. The highest BCUT2D eigenvalue weighted by molar-refractivity contribution is 5.97. The standard InChI is InChI=1S/C13H18N2O3/c1-8(16)5-6-10-11(9(2)15-18-10)12-14-13(3,4)7-17-12/h5-7H2,1-4H3. The van der Waals surface area contributed by atoms with Gasteiger partial charge in [-0.2, -0.15) is 0 Å². The van der Waals surface area contributed by atoms with Crippen molar-refractivity contribution in [2.75, 3.05) is 6.61 Å². The molecule has 5 nitrogen and oxygen atoms in total. The molecule has 5 heteroatoms. The van der Waals surface area contributed by atoms with Gasteiger partial charge in [-0.05, 0) is 27.7 Å². The number of ether oxygens (including phenoxy) is 1. The van der Waals surface area contributed by atoms with Crippen LogP contribution in [0.3, 0.4) is 0 Å². The Morgan fingerprint density at radius 1 is 1.44 bits per heavy atom. The molecular weight excluding hydrogens is 232 g/mol. The highest BCUT2D eigenvalue weighted by atomic mass is 16.5. The number of nitrogens with zero attached hydrogens (tertiary/aromatic N) is 2. The van der Waals surface area contributed by atoms with E-state index in [9.17, 15) is 4.79 Å². The van der Waals surface area contributed by atoms with Crippen LogP contribution in [0.5, 0.6) is 0 Å². The number of hydrogen-bond donors (Lipinski definition) is 0. The van der Waals surface area contributed by atoms with Gasteiger partial charge in [0, 0.05) is 12.8 Å². The summed E-state index contributed by atoms with van der Waals surface area (Å²) in [6, 6.07) is 0. The van der Waals surface area contributed by atoms with Gasteiger partial charge in [0.1, 0.15) is 23.7 Å². The molecule has 0 aliphatic carbocycles. The fourth-order valence-corrected chi connectivity index (χ4v) is 1.86. The third kappa shape index (κ3) is 2.60. The number of ketones is 1. The first kappa shape index (κ1) is 12.8. The lowest BCUT2D eigenvalue weighted by Crippen LogP contribution is -2.17. The predicted octanol–water partition coefficient (Wildman–Crippen LogP) is 2.06. The number of carbonyl (C=O) groups is 1. The second kappa shape index (κ2) is 4.55. The van der Waals surface area contributed by atoms with Crippen LogP contribution < -0.4 is 0 Å². The molecule has 0 N–H and O–H groups in total. The molecule has 0 atom stereocenters. The third-order valence-electron chi connectivity index (χ3n) is 2.82. The maximum Gasteiger partial charge on any atom is 0.222 e. The lowest BCUT2D eigenvalue weighted by atomic mass is 10.1. The number of Topliss-reactive ketones (excluding diaryl/α,β-unsaturated/α-hetero) is 1. The molecule has 1 aliphatic heterocycles. The minimum atomic E-state index is -0.211. The average Bonchev–Trinajstić information content (AvgIpc) is 2.78. The molecule has 0 spiro atoms. The quantitative estimate of drug-likeness (QED) is 0.820. The Morgan fingerprint density at radius 3 is 2.72 bits per heavy atom. The monoisotopic (exact) mass is 250 g/mol. The molecule has 0 unspecified atom stereocenters. The lowest BCUT2D eigenvalue weighted by Gasteiger charge is -2.07. The normalized spacial score (nSPS) is 17.4. The van der Waals surface area contributed by atoms with E-state index in [1.54, 1.807) is 6.92 Å². The van der Waals surface area contributed by atoms with E-state index in [1.165, 1.54) is 0 Å². The zero-order valence-electron chi connectivity index (χ0n) is 11.2. The smallest absolute Gasteiger partial charge is 0.222 e. The van der Waals surface area contributed by atoms with E-state index in [1.807, 2.05) is 20.8 Å². The summed E-state index contributed by atoms with van der Waals surface area (Å²) in [6.07, 6.45) is 0.979. The highest BCUT2D eigenvalue weighted by Gasteiger charge is 2.31. The third-order valence-corrected chi connectivity index (χ3v) is 2.82. The van der Waals surface area contributed by atoms with Crippen LogP contribution in [0.2, 0.25) is 0 Å². The topological polar surface area (TPSA) is 64.7 Å². The molecule has 0 saturated carbocycles. The highest BCUT2D eigenvalue weighted by Crippen LogP contribution is 2.25. The molecule has 1 aliphatic rings. The minimum absolute atomic E-state index is 0.129. The summed E-state index contributed by atoms with van der Waals surface area (Å²) in [6.45, 7) is 8.00. The molecule has 0 radical (unpaired) electrons. The Bertz CT molecular complexity index is 500. The van der Waals surface area contributed by atoms with E-state index in [-0.39, 0.29) is 11.3 Å². The molecule has 2 rings (SSSR count). The largest absolute Gasteiger partial charge is 0.475 e. The van der Waals surface area contributed by atoms with Gasteiger partial charge in [-0.3, -0.25) is 0 Å². The Morgan fingerprint density at radius 2 is 2.17 bits per heavy atom. The first-order chi connectivity index (χ1) is 8.39. The number of hydrogen-bond acceptors (Lipinski definition) is 5. The van der Waals surface area contributed by atoms with Crippen molar-refractivity contribution >= 4 is 11.7 Å². The van der Waals surface area contributed by atoms with Gasteiger partial charge in [0.25, 0.3) is 0 Å². The Hall–Kier alpha value is -1.65. The van der Waals surface area contributed by atoms with Crippen molar-refractivity contribution in [1.82, 2.24) is 5.16 Å². The van der Waals surface area contributed by atoms with Gasteiger partial charge in [-0.15, -0.1) is 0 Å². The molecule has 0 aromatic carbocycles. The fourth-order valence-electron chi connectivity index (χ4n) is 1.86. The summed E-state index contributed by atoms with van der Waals surface area (Å²) in [4.78, 5) is 15.6. The van der Waals surface area contributed by atoms with E-state index in [4.69, 9.17) is 9.26 Å². The van der Waals surface area contributed by atoms with Crippen molar-refractivity contribution in [1.29, 1.82) is 0 Å². The molecular formula is C13H18N2O3. The van der Waals surface area contributed by atoms with E-state index >= 15 is 0 Å². The van der Waals surface area contributed by atoms with E-state index in [0.29, 0.717) is 31.1 Å². The number of aryl methyl sites for hydroxylation is 2. The van der Waals surface area contributed by atoms with Gasteiger partial charge in [0.15, 0.2) is 0 Å². The second-order valence-electron chi connectivity index (χ2n) is 5.29. The van der Waals surface area contributed by atoms with Gasteiger partial charge >= 0.3 is 0 Å². The minimum Gasteiger partial charge on any atom is -0.475 e. The summed E-state index contributed by atoms with van der Waals surface area (Å²) >= 11 is 0. The van der Waals surface area contributed by atoms with Crippen LogP contribution in [-0.2, 0) is 16.0 Å². The summed E-state index contributed by atoms with van der Waals surface area (Å²) < 4.78 is 10.9. The maximum atomic E-state index is 11.0. The van der Waals surface area contributed by atoms with Gasteiger partial charge in [-0.1, -0.05) is 5.16 Å². The summed E-state index contributed by atoms with van der Waals surface area (Å²) in [7, 11) is 0. The number of aromatic nitrogens is 1. The Kier molecular flexibility index (Phi) is 3.24. The van der Waals surface area contributed by atoms with Gasteiger partial charge < -0.3 is 14.1 Å². The first-order valence-corrected chi connectivity index (χ1v) is 6.07. The van der Waals surface area contributed by atoms with Crippen LogP contribution in [0.25, 0.3) is 0 Å². The number of aliphatic imine (C=N–C) groups is 1. The second-order valence-corrected chi connectivity index (χ2v) is 5.29. The molecule has 0 fully saturated rings. The van der Waals surface area contributed by atoms with Crippen LogP contribution in [0.1, 0.15) is 44.2 Å². The van der Waals surface area contributed by atoms with Crippen LogP contribution >= 0.6 is 0 Å². The van der Waals surface area contributed by atoms with E-state index in [2.05, 4.69) is 10.1 Å². The van der Waals surface area contributed by atoms with Gasteiger partial charge in [-0.25, -0.2) is 4.99 Å². The summed E-state index contributed by atoms with van der Waals surface area (Å²) in [5.41, 5.74) is 1.35. The van der Waals surface area contributed by atoms with Crippen LogP contribution in [0.4, 0.5) is 0 Å². The van der Waals surface area contributed by atoms with Crippen molar-refractivity contribution in [2.45, 2.75) is 46.1 Å². The molecule has 1 aromatic heterocycles. The molecule has 0 amide bonds. The molecule has 0 bridgehead atoms. The first-order valence-electron chi connectivity index (χ1n) is 6.07. The van der Waals surface area contributed by atoms with Gasteiger partial charge in [0.2, 0.25) is 5.90 Å². The van der Waals surface area contributed by atoms with E-state index < -0.39 is 0 Å². The van der Waals surface area contributed by atoms with Crippen LogP contribution in [-0.4, -0.2) is 29.0 Å². The summed E-state index contributed by atoms with van der Waals surface area (Å²) in [5, 5.41) is 3.94. The van der Waals surface area contributed by atoms with Crippen molar-refractivity contribution in [3.8, 4) is 0 Å². The van der Waals surface area contributed by atoms with Crippen LogP contribution in [0, 0.1) is 6.92 Å². The van der Waals surface area contributed by atoms with Gasteiger partial charge in [0.05, 0.1) is 11.2 Å². The number of carbonyl (C=O) groups excluding carboxylic acids is 1. The Balaban J connectivity index is 2.27. The number of rotatable bonds is 4. The van der Waals surface area contributed by atoms with Crippen molar-refractivity contribution in [3.63, 3.8) is 0 Å². The maximum absolute atomic E-state index is 11.0. The van der Waals surface area contributed by atoms with E-state index in [0.717, 1.165) is 11.3 Å². The molecule has 2 heterocycles. The average molecular weight is 250 g/mol. The SMILES string of the molecule is CC(=O)CCc1onc(C)c1C1=NC(C)(C)CO1. The Labute approximate surface area is 106 Å². The predicted molar refractivity (Wildman–Crippen MR) is 66.8 cm³/mol. The van der Waals surface area contributed by atoms with Crippen molar-refractivity contribution in [2.24, 2.45) is 4.99 Å². The zero-order valence-corrected chi connectivity index (χ0v) is 11.2. The molecule has 18 heavy (non-hydrogen) atoms. The molecule has 0 saturated heterocycles. The molecule has 1 aromatic rings. The van der Waals surface area contributed by atoms with Crippen LogP contribution in [0.15, 0.2) is 9.52 Å². The van der Waals surface area contributed by atoms with Crippen molar-refractivity contribution in [3.05, 3.63) is 17.0 Å².